The summed E-state index contributed by atoms with van der Waals surface area (Å²) in [6, 6.07) is -1.78. The van der Waals surface area contributed by atoms with Crippen LogP contribution in [0.1, 0.15) is 13.8 Å². The van der Waals surface area contributed by atoms with Crippen LogP contribution in [0, 0.1) is 0 Å². The maximum Gasteiger partial charge on any atom is 0.217 e. The van der Waals surface area contributed by atoms with Crippen molar-refractivity contribution in [2.24, 2.45) is 0 Å². The third-order valence-corrected chi connectivity index (χ3v) is 13.0. The Kier molecular flexibility index (Phi) is 18.0. The maximum absolute atomic E-state index is 13.1. The van der Waals surface area contributed by atoms with Crippen LogP contribution in [0.3, 0.4) is 0 Å². The van der Waals surface area contributed by atoms with Crippen molar-refractivity contribution >= 4 is 5.91 Å². The number of carbonyl (C=O) groups is 1. The third kappa shape index (κ3) is 10.7. The smallest absolute Gasteiger partial charge is 0.217 e. The van der Waals surface area contributed by atoms with Gasteiger partial charge in [0.15, 0.2) is 37.7 Å². The van der Waals surface area contributed by atoms with Crippen LogP contribution in [0.5, 0.6) is 0 Å². The number of aliphatic hydroxyl groups is 16. The highest BCUT2D eigenvalue weighted by atomic mass is 16.8. The van der Waals surface area contributed by atoms with Gasteiger partial charge in [0.25, 0.3) is 0 Å². The van der Waals surface area contributed by atoms with E-state index in [0.717, 1.165) is 6.92 Å². The molecule has 394 valence electrons. The van der Waals surface area contributed by atoms with Crippen LogP contribution in [0.2, 0.25) is 0 Å². The van der Waals surface area contributed by atoms with E-state index >= 15 is 0 Å². The summed E-state index contributed by atoms with van der Waals surface area (Å²) >= 11 is 0. The first-order chi connectivity index (χ1) is 32.2. The van der Waals surface area contributed by atoms with Gasteiger partial charge in [0.2, 0.25) is 5.91 Å². The Hall–Kier alpha value is -1.65. The molecule has 0 aliphatic carbocycles. The summed E-state index contributed by atoms with van der Waals surface area (Å²) in [5, 5.41) is 177. The standard InChI is InChI=1S/C38H63NO29/c1-8-16(45)31-26(55)34(58-8)57-7-14-19(48)22(51)25(54)37(63-14)65-29-13(6-43)62-38(27(56)32(29)68-36-24(53)21(50)18(47)11(4-41)60-36)66-30-15(39-9(2)44)33(67-31)61-12(5-42)28(30)64-35-23(52)20(49)17(46)10(3-40)59-35/h8,10-38,40-43,45-56H,3-7H2,1-2H3,(H,39,44)/t8-,10+,11+,12+,13+,14+,15+,16-,17+,18+,19+,20-,21-,22-,23+,24+,25+,26+,27+,28+,29-,30+,31+,32+,33+,34+,35+,36-,37+,38+/m0/s1. The lowest BCUT2D eigenvalue weighted by molar-refractivity contribution is -0.408. The fraction of sp³-hybridized carbons (Fsp3) is 0.974. The highest BCUT2D eigenvalue weighted by Crippen LogP contribution is 2.39. The molecule has 0 aromatic carbocycles. The van der Waals surface area contributed by atoms with Crippen molar-refractivity contribution < 1.29 is 143 Å². The molecule has 1 amide bonds. The lowest BCUT2D eigenvalue weighted by atomic mass is 9.93. The lowest BCUT2D eigenvalue weighted by Crippen LogP contribution is -2.72. The van der Waals surface area contributed by atoms with Crippen LogP contribution in [-0.2, 0) is 61.6 Å². The van der Waals surface area contributed by atoms with Gasteiger partial charge in [-0.25, -0.2) is 0 Å². The normalized spacial score (nSPS) is 53.8. The Bertz CT molecular complexity index is 1620. The van der Waals surface area contributed by atoms with E-state index in [9.17, 15) is 86.5 Å². The second kappa shape index (κ2) is 22.6. The summed E-state index contributed by atoms with van der Waals surface area (Å²) in [5.41, 5.74) is 0. The molecular weight excluding hydrogens is 934 g/mol. The van der Waals surface area contributed by atoms with E-state index in [-0.39, 0.29) is 0 Å². The minimum absolute atomic E-state index is 0.754. The number of rotatable bonds is 9. The summed E-state index contributed by atoms with van der Waals surface area (Å²) in [5.74, 6) is -0.846. The van der Waals surface area contributed by atoms with Crippen LogP contribution >= 0.6 is 0 Å². The number of ether oxygens (including phenoxy) is 12. The summed E-state index contributed by atoms with van der Waals surface area (Å²) in [6.07, 6.45) is -55.1. The Morgan fingerprint density at radius 2 is 0.956 bits per heavy atom. The lowest BCUT2D eigenvalue weighted by Gasteiger charge is -2.53. The number of aliphatic hydroxyl groups excluding tert-OH is 16. The molecule has 8 saturated heterocycles. The monoisotopic (exact) mass is 997 g/mol. The number of nitrogens with one attached hydrogen (secondary N) is 1. The van der Waals surface area contributed by atoms with Gasteiger partial charge >= 0.3 is 0 Å². The van der Waals surface area contributed by atoms with Gasteiger partial charge in [-0.3, -0.25) is 4.79 Å². The molecule has 30 nitrogen and oxygen atoms in total. The third-order valence-electron chi connectivity index (χ3n) is 13.0. The van der Waals surface area contributed by atoms with E-state index in [4.69, 9.17) is 56.8 Å². The molecule has 0 spiro atoms. The zero-order chi connectivity index (χ0) is 49.6. The largest absolute Gasteiger partial charge is 0.394 e. The zero-order valence-electron chi connectivity index (χ0n) is 36.3. The molecule has 8 heterocycles. The first kappa shape index (κ1) is 54.1. The van der Waals surface area contributed by atoms with E-state index in [1.807, 2.05) is 0 Å². The quantitative estimate of drug-likeness (QED) is 0.102. The second-order valence-electron chi connectivity index (χ2n) is 17.6. The average molecular weight is 998 g/mol. The van der Waals surface area contributed by atoms with Crippen LogP contribution in [-0.4, -0.2) is 305 Å². The van der Waals surface area contributed by atoms with Gasteiger partial charge in [0.05, 0.1) is 39.1 Å². The van der Waals surface area contributed by atoms with Crippen molar-refractivity contribution in [3.05, 3.63) is 0 Å². The van der Waals surface area contributed by atoms with Crippen molar-refractivity contribution in [2.45, 2.75) is 198 Å². The first-order valence-electron chi connectivity index (χ1n) is 21.9. The number of hydrogen-bond acceptors (Lipinski definition) is 29. The molecule has 0 aromatic heterocycles. The van der Waals surface area contributed by atoms with E-state index in [1.165, 1.54) is 6.92 Å². The SMILES string of the molecule is CC(=O)N[C@H]1[C@H]2O[C@@H]3[C@@H](O)[C@H](C)O[C@@H](OC[C@H]4O[C@H](O[C@@H]5[C@H](O[C@@H]6O[C@H](CO)[C@@H](O)[C@H](O)[C@H]6O)[C@@H](O)[C@@H](O[C@H]1[C@H](O[C@H]1O[C@H](CO)[C@@H](O)[C@H](O)[C@H]1O)[C@@H](CO)O2)O[C@@H]5CO)[C@H](O)[C@@H](O)[C@@H]4O)[C@@H]3O. The van der Waals surface area contributed by atoms with Crippen LogP contribution in [0.25, 0.3) is 0 Å². The fourth-order valence-corrected chi connectivity index (χ4v) is 9.14. The van der Waals surface area contributed by atoms with Crippen molar-refractivity contribution in [3.63, 3.8) is 0 Å². The molecule has 8 bridgehead atoms. The molecule has 8 aliphatic heterocycles. The zero-order valence-corrected chi connectivity index (χ0v) is 36.3. The van der Waals surface area contributed by atoms with Gasteiger partial charge in [0.1, 0.15) is 140 Å². The Morgan fingerprint density at radius 3 is 1.51 bits per heavy atom. The van der Waals surface area contributed by atoms with Gasteiger partial charge in [-0.05, 0) is 6.92 Å². The molecule has 8 aliphatic rings. The molecule has 0 saturated carbocycles. The van der Waals surface area contributed by atoms with Gasteiger partial charge < -0.3 is 144 Å². The molecule has 30 heteroatoms. The first-order valence-corrected chi connectivity index (χ1v) is 21.9. The Balaban J connectivity index is 1.34. The summed E-state index contributed by atoms with van der Waals surface area (Å²) in [4.78, 5) is 13.1. The molecule has 68 heavy (non-hydrogen) atoms. The Morgan fingerprint density at radius 1 is 0.456 bits per heavy atom. The van der Waals surface area contributed by atoms with E-state index < -0.39 is 223 Å². The van der Waals surface area contributed by atoms with Crippen LogP contribution < -0.4 is 5.32 Å². The minimum Gasteiger partial charge on any atom is -0.394 e. The fourth-order valence-electron chi connectivity index (χ4n) is 9.14. The van der Waals surface area contributed by atoms with Crippen LogP contribution in [0.4, 0.5) is 0 Å². The van der Waals surface area contributed by atoms with E-state index in [1.54, 1.807) is 0 Å². The van der Waals surface area contributed by atoms with E-state index in [0.29, 0.717) is 0 Å². The molecule has 0 unspecified atom stereocenters. The van der Waals surface area contributed by atoms with Crippen LogP contribution in [0.15, 0.2) is 0 Å². The Labute approximate surface area is 385 Å². The van der Waals surface area contributed by atoms with Gasteiger partial charge in [-0.1, -0.05) is 0 Å². The van der Waals surface area contributed by atoms with E-state index in [2.05, 4.69) is 5.32 Å². The predicted molar refractivity (Wildman–Crippen MR) is 206 cm³/mol. The number of amides is 1. The number of fused-ring (bicyclic) bond motifs is 3. The highest BCUT2D eigenvalue weighted by Gasteiger charge is 2.59. The van der Waals surface area contributed by atoms with Crippen molar-refractivity contribution in [1.29, 1.82) is 0 Å². The van der Waals surface area contributed by atoms with Crippen molar-refractivity contribution in [2.75, 3.05) is 33.0 Å². The molecule has 17 N–H and O–H groups in total. The minimum atomic E-state index is -2.30. The van der Waals surface area contributed by atoms with Gasteiger partial charge in [0, 0.05) is 6.92 Å². The molecule has 0 radical (unpaired) electrons. The molecule has 30 atom stereocenters. The van der Waals surface area contributed by atoms with Crippen molar-refractivity contribution in [1.82, 2.24) is 5.32 Å². The molecule has 8 fully saturated rings. The maximum atomic E-state index is 13.1. The topological polar surface area (TPSA) is 464 Å². The summed E-state index contributed by atoms with van der Waals surface area (Å²) in [6.45, 7) is -2.33. The predicted octanol–water partition coefficient (Wildman–Crippen LogP) is -11.9. The van der Waals surface area contributed by atoms with Crippen molar-refractivity contribution in [3.8, 4) is 0 Å². The molecule has 8 rings (SSSR count). The molecule has 0 aromatic rings. The summed E-state index contributed by atoms with van der Waals surface area (Å²) in [7, 11) is 0. The number of carbonyl (C=O) groups excluding carboxylic acids is 1. The summed E-state index contributed by atoms with van der Waals surface area (Å²) < 4.78 is 71.2. The molecular formula is C38H63NO29. The number of hydrogen-bond donors (Lipinski definition) is 17. The average Bonchev–Trinajstić information content (AvgIpc) is 3.31. The van der Waals surface area contributed by atoms with Gasteiger partial charge in [-0.15, -0.1) is 0 Å². The van der Waals surface area contributed by atoms with Gasteiger partial charge in [-0.2, -0.15) is 0 Å². The highest BCUT2D eigenvalue weighted by molar-refractivity contribution is 5.73. The second-order valence-corrected chi connectivity index (χ2v) is 17.6.